The number of hydrogen-bond donors (Lipinski definition) is 0. The Labute approximate surface area is 220 Å². The quantitative estimate of drug-likeness (QED) is 0.186. The molecule has 5 nitrogen and oxygen atoms in total. The molecule has 0 N–H and O–H groups in total. The molecule has 0 atom stereocenters. The van der Waals surface area contributed by atoms with Crippen LogP contribution in [0.4, 0.5) is 0 Å². The summed E-state index contributed by atoms with van der Waals surface area (Å²) in [5.74, 6) is 0.673. The van der Waals surface area contributed by atoms with Gasteiger partial charge >= 0.3 is 0 Å². The molecule has 6 rings (SSSR count). The average Bonchev–Trinajstić information content (AvgIpc) is 3.53. The molecule has 6 heteroatoms. The maximum atomic E-state index is 6.20. The third-order valence-corrected chi connectivity index (χ3v) is 7.69. The summed E-state index contributed by atoms with van der Waals surface area (Å²) in [4.78, 5) is 14.5. The fraction of sp³-hybridized carbons (Fsp3) is 0.194. The third-order valence-electron chi connectivity index (χ3n) is 6.58. The van der Waals surface area contributed by atoms with Crippen LogP contribution in [0.1, 0.15) is 32.6 Å². The molecule has 0 fully saturated rings. The predicted octanol–water partition coefficient (Wildman–Crippen LogP) is 8.32. The first-order valence-corrected chi connectivity index (χ1v) is 13.6. The zero-order chi connectivity index (χ0) is 25.0. The van der Waals surface area contributed by atoms with Crippen molar-refractivity contribution in [3.05, 3.63) is 91.4 Å². The normalized spacial score (nSPS) is 11.4. The van der Waals surface area contributed by atoms with Crippen molar-refractivity contribution in [2.45, 2.75) is 32.6 Å². The maximum absolute atomic E-state index is 6.20. The van der Waals surface area contributed by atoms with Gasteiger partial charge in [0, 0.05) is 28.9 Å². The van der Waals surface area contributed by atoms with Crippen molar-refractivity contribution in [1.29, 1.82) is 0 Å². The van der Waals surface area contributed by atoms with E-state index in [0.717, 1.165) is 33.3 Å². The zero-order valence-corrected chi connectivity index (χ0v) is 21.6. The molecular weight excluding hydrogens is 476 g/mol. The van der Waals surface area contributed by atoms with Crippen LogP contribution in [0.15, 0.2) is 91.4 Å². The van der Waals surface area contributed by atoms with Crippen molar-refractivity contribution in [3.8, 4) is 32.7 Å². The Bertz CT molecular complexity index is 1580. The molecule has 0 amide bonds. The summed E-state index contributed by atoms with van der Waals surface area (Å²) < 4.78 is 8.53. The summed E-state index contributed by atoms with van der Waals surface area (Å²) in [5, 5.41) is 3.34. The second kappa shape index (κ2) is 10.5. The highest BCUT2D eigenvalue weighted by molar-refractivity contribution is 7.18. The van der Waals surface area contributed by atoms with Gasteiger partial charge in [-0.15, -0.1) is 11.3 Å². The molecule has 0 radical (unpaired) electrons. The van der Waals surface area contributed by atoms with Crippen molar-refractivity contribution in [3.63, 3.8) is 0 Å². The van der Waals surface area contributed by atoms with Gasteiger partial charge in [0.2, 0.25) is 5.88 Å². The van der Waals surface area contributed by atoms with Crippen LogP contribution in [-0.2, 0) is 0 Å². The van der Waals surface area contributed by atoms with Gasteiger partial charge in [0.15, 0.2) is 0 Å². The van der Waals surface area contributed by atoms with Gasteiger partial charge in [0.1, 0.15) is 10.7 Å². The molecule has 0 aliphatic heterocycles. The molecule has 3 heterocycles. The summed E-state index contributed by atoms with van der Waals surface area (Å²) in [5.41, 5.74) is 5.38. The fourth-order valence-corrected chi connectivity index (χ4v) is 5.74. The van der Waals surface area contributed by atoms with Crippen LogP contribution in [0.25, 0.3) is 48.6 Å². The van der Waals surface area contributed by atoms with Crippen LogP contribution in [0, 0.1) is 0 Å². The van der Waals surface area contributed by atoms with Crippen LogP contribution in [0.3, 0.4) is 0 Å². The highest BCUT2D eigenvalue weighted by atomic mass is 32.1. The molecule has 3 aromatic carbocycles. The van der Waals surface area contributed by atoms with E-state index in [1.165, 1.54) is 41.1 Å². The first-order chi connectivity index (χ1) is 18.3. The second-order valence-corrected chi connectivity index (χ2v) is 10.1. The standard InChI is InChI=1S/C31H28N4OS/c1-2-3-4-9-20-36-30-29(37-31(34-30)26-21-32-18-19-33-26)22-14-16-23(17-15-22)35-27-12-7-5-10-24(27)25-11-6-8-13-28(25)35/h5-8,10-19,21H,2-4,9,20H2,1H3. The average molecular weight is 505 g/mol. The van der Waals surface area contributed by atoms with E-state index in [4.69, 9.17) is 9.72 Å². The van der Waals surface area contributed by atoms with Crippen molar-refractivity contribution in [1.82, 2.24) is 19.5 Å². The van der Waals surface area contributed by atoms with Gasteiger partial charge in [-0.3, -0.25) is 9.97 Å². The van der Waals surface area contributed by atoms with E-state index in [0.29, 0.717) is 12.5 Å². The number of thiazole rings is 1. The molecule has 0 saturated heterocycles. The Morgan fingerprint density at radius 1 is 0.811 bits per heavy atom. The van der Waals surface area contributed by atoms with Gasteiger partial charge in [0.25, 0.3) is 0 Å². The van der Waals surface area contributed by atoms with E-state index in [1.807, 2.05) is 0 Å². The number of aromatic nitrogens is 4. The summed E-state index contributed by atoms with van der Waals surface area (Å²) in [7, 11) is 0. The number of para-hydroxylation sites is 2. The molecular formula is C31H28N4OS. The first kappa shape index (κ1) is 23.4. The molecule has 37 heavy (non-hydrogen) atoms. The van der Waals surface area contributed by atoms with E-state index in [2.05, 4.69) is 94.3 Å². The molecule has 0 aliphatic carbocycles. The van der Waals surface area contributed by atoms with Crippen LogP contribution in [0.2, 0.25) is 0 Å². The number of benzene rings is 3. The van der Waals surface area contributed by atoms with Crippen molar-refractivity contribution in [2.24, 2.45) is 0 Å². The molecule has 0 bridgehead atoms. The number of fused-ring (bicyclic) bond motifs is 3. The largest absolute Gasteiger partial charge is 0.477 e. The lowest BCUT2D eigenvalue weighted by molar-refractivity contribution is 0.297. The Hall–Kier alpha value is -4.03. The van der Waals surface area contributed by atoms with Gasteiger partial charge < -0.3 is 9.30 Å². The Kier molecular flexibility index (Phi) is 6.65. The third kappa shape index (κ3) is 4.60. The van der Waals surface area contributed by atoms with E-state index in [9.17, 15) is 0 Å². The minimum atomic E-state index is 0.663. The number of unbranched alkanes of at least 4 members (excludes halogenated alkanes) is 3. The lowest BCUT2D eigenvalue weighted by atomic mass is 10.1. The molecule has 0 unspecified atom stereocenters. The van der Waals surface area contributed by atoms with Crippen molar-refractivity contribution in [2.75, 3.05) is 6.61 Å². The fourth-order valence-electron chi connectivity index (χ4n) is 4.77. The number of ether oxygens (including phenoxy) is 1. The number of rotatable bonds is 9. The molecule has 0 spiro atoms. The number of hydrogen-bond acceptors (Lipinski definition) is 5. The summed E-state index contributed by atoms with van der Waals surface area (Å²) >= 11 is 1.60. The Morgan fingerprint density at radius 2 is 1.54 bits per heavy atom. The molecule has 3 aromatic heterocycles. The molecule has 0 saturated carbocycles. The van der Waals surface area contributed by atoms with Crippen LogP contribution >= 0.6 is 11.3 Å². The number of nitrogens with zero attached hydrogens (tertiary/aromatic N) is 4. The topological polar surface area (TPSA) is 52.8 Å². The van der Waals surface area contributed by atoms with Gasteiger partial charge in [-0.05, 0) is 36.2 Å². The molecule has 0 aliphatic rings. The van der Waals surface area contributed by atoms with E-state index in [1.54, 1.807) is 29.9 Å². The van der Waals surface area contributed by atoms with Crippen molar-refractivity contribution < 1.29 is 4.74 Å². The van der Waals surface area contributed by atoms with Gasteiger partial charge in [-0.2, -0.15) is 4.98 Å². The first-order valence-electron chi connectivity index (χ1n) is 12.8. The Morgan fingerprint density at radius 3 is 2.22 bits per heavy atom. The smallest absolute Gasteiger partial charge is 0.233 e. The summed E-state index contributed by atoms with van der Waals surface area (Å²) in [6, 6.07) is 25.8. The predicted molar refractivity (Wildman–Crippen MR) is 153 cm³/mol. The van der Waals surface area contributed by atoms with Crippen LogP contribution in [0.5, 0.6) is 5.88 Å². The highest BCUT2D eigenvalue weighted by Gasteiger charge is 2.18. The SMILES string of the molecule is CCCCCCOc1nc(-c2cnccn2)sc1-c1ccc(-n2c3ccccc3c3ccccc32)cc1. The van der Waals surface area contributed by atoms with E-state index in [-0.39, 0.29) is 0 Å². The van der Waals surface area contributed by atoms with Crippen LogP contribution in [-0.4, -0.2) is 26.1 Å². The maximum Gasteiger partial charge on any atom is 0.233 e. The van der Waals surface area contributed by atoms with Gasteiger partial charge in [-0.25, -0.2) is 0 Å². The lowest BCUT2D eigenvalue weighted by Gasteiger charge is -2.09. The Balaban J connectivity index is 1.37. The minimum Gasteiger partial charge on any atom is -0.477 e. The van der Waals surface area contributed by atoms with Crippen LogP contribution < -0.4 is 4.74 Å². The molecule has 6 aromatic rings. The van der Waals surface area contributed by atoms with Crippen molar-refractivity contribution >= 4 is 33.1 Å². The zero-order valence-electron chi connectivity index (χ0n) is 20.8. The lowest BCUT2D eigenvalue weighted by Crippen LogP contribution is -1.99. The monoisotopic (exact) mass is 504 g/mol. The summed E-state index contributed by atoms with van der Waals surface area (Å²) in [6.45, 7) is 2.88. The highest BCUT2D eigenvalue weighted by Crippen LogP contribution is 2.40. The minimum absolute atomic E-state index is 0.663. The van der Waals surface area contributed by atoms with Gasteiger partial charge in [-0.1, -0.05) is 74.7 Å². The van der Waals surface area contributed by atoms with E-state index >= 15 is 0 Å². The van der Waals surface area contributed by atoms with Gasteiger partial charge in [0.05, 0.1) is 28.7 Å². The molecule has 184 valence electrons. The summed E-state index contributed by atoms with van der Waals surface area (Å²) in [6.07, 6.45) is 9.75. The van der Waals surface area contributed by atoms with E-state index < -0.39 is 0 Å². The second-order valence-electron chi connectivity index (χ2n) is 9.07.